The van der Waals surface area contributed by atoms with Crippen LogP contribution in [0.15, 0.2) is 102 Å². The zero-order valence-electron chi connectivity index (χ0n) is 27.1. The Hall–Kier alpha value is -3.85. The number of rotatable bonds is 14. The van der Waals surface area contributed by atoms with Gasteiger partial charge in [0.2, 0.25) is 11.8 Å². The lowest BCUT2D eigenvalue weighted by Crippen LogP contribution is -2.53. The van der Waals surface area contributed by atoms with E-state index < -0.39 is 28.5 Å². The third-order valence-electron chi connectivity index (χ3n) is 7.91. The van der Waals surface area contributed by atoms with Gasteiger partial charge in [-0.15, -0.1) is 0 Å². The molecule has 47 heavy (non-hydrogen) atoms. The summed E-state index contributed by atoms with van der Waals surface area (Å²) in [7, 11) is -4.20. The Labute approximate surface area is 288 Å². The van der Waals surface area contributed by atoms with Gasteiger partial charge in [-0.2, -0.15) is 0 Å². The molecule has 0 bridgehead atoms. The van der Waals surface area contributed by atoms with Gasteiger partial charge in [-0.3, -0.25) is 13.9 Å². The number of carbonyl (C=O) groups is 2. The Morgan fingerprint density at radius 2 is 1.53 bits per heavy atom. The van der Waals surface area contributed by atoms with Gasteiger partial charge >= 0.3 is 0 Å². The van der Waals surface area contributed by atoms with Crippen LogP contribution in [-0.4, -0.2) is 44.3 Å². The Morgan fingerprint density at radius 3 is 2.13 bits per heavy atom. The van der Waals surface area contributed by atoms with Gasteiger partial charge in [-0.25, -0.2) is 8.42 Å². The van der Waals surface area contributed by atoms with E-state index in [1.807, 2.05) is 56.3 Å². The first kappa shape index (κ1) is 36.0. The molecule has 0 radical (unpaired) electrons. The molecule has 4 aromatic carbocycles. The molecule has 4 aromatic rings. The molecule has 2 amide bonds. The summed E-state index contributed by atoms with van der Waals surface area (Å²) in [6.07, 6.45) is 0.914. The van der Waals surface area contributed by atoms with E-state index in [4.69, 9.17) is 23.2 Å². The smallest absolute Gasteiger partial charge is 0.264 e. The minimum atomic E-state index is -4.20. The van der Waals surface area contributed by atoms with Crippen molar-refractivity contribution in [3.63, 3.8) is 0 Å². The average Bonchev–Trinajstić information content (AvgIpc) is 3.05. The van der Waals surface area contributed by atoms with Gasteiger partial charge in [0.05, 0.1) is 10.6 Å². The van der Waals surface area contributed by atoms with E-state index in [0.29, 0.717) is 34.3 Å². The molecule has 0 saturated heterocycles. The first-order valence-electron chi connectivity index (χ1n) is 15.6. The van der Waals surface area contributed by atoms with Crippen molar-refractivity contribution in [3.8, 4) is 0 Å². The SMILES string of the molecule is CCCNC(=O)[C@@H](Cc1ccccc1)N(Cc1ccc(Cl)cc1Cl)C(=O)CN(c1ccc(C(C)C)cc1)S(=O)(=O)c1ccc(C)cc1. The number of amides is 2. The van der Waals surface area contributed by atoms with E-state index in [9.17, 15) is 18.0 Å². The molecule has 248 valence electrons. The Balaban J connectivity index is 1.82. The first-order valence-corrected chi connectivity index (χ1v) is 17.8. The van der Waals surface area contributed by atoms with Crippen molar-refractivity contribution in [2.75, 3.05) is 17.4 Å². The van der Waals surface area contributed by atoms with E-state index in [-0.39, 0.29) is 29.7 Å². The topological polar surface area (TPSA) is 86.8 Å². The molecule has 1 N–H and O–H groups in total. The molecule has 0 spiro atoms. The van der Waals surface area contributed by atoms with Crippen molar-refractivity contribution < 1.29 is 18.0 Å². The third-order valence-corrected chi connectivity index (χ3v) is 10.3. The molecule has 0 saturated carbocycles. The van der Waals surface area contributed by atoms with Crippen LogP contribution in [0.5, 0.6) is 0 Å². The largest absolute Gasteiger partial charge is 0.354 e. The van der Waals surface area contributed by atoms with Gasteiger partial charge < -0.3 is 10.2 Å². The number of carbonyl (C=O) groups excluding carboxylic acids is 2. The van der Waals surface area contributed by atoms with Gasteiger partial charge in [-0.05, 0) is 72.4 Å². The fourth-order valence-electron chi connectivity index (χ4n) is 5.15. The third kappa shape index (κ3) is 9.37. The fourth-order valence-corrected chi connectivity index (χ4v) is 7.03. The number of halogens is 2. The summed E-state index contributed by atoms with van der Waals surface area (Å²) >= 11 is 12.8. The number of hydrogen-bond donors (Lipinski definition) is 1. The predicted octanol–water partition coefficient (Wildman–Crippen LogP) is 7.79. The predicted molar refractivity (Wildman–Crippen MR) is 190 cm³/mol. The van der Waals surface area contributed by atoms with E-state index in [1.54, 1.807) is 42.5 Å². The van der Waals surface area contributed by atoms with E-state index in [0.717, 1.165) is 21.0 Å². The first-order chi connectivity index (χ1) is 22.4. The average molecular weight is 695 g/mol. The minimum Gasteiger partial charge on any atom is -0.354 e. The Morgan fingerprint density at radius 1 is 0.872 bits per heavy atom. The van der Waals surface area contributed by atoms with Crippen LogP contribution in [-0.2, 0) is 32.6 Å². The highest BCUT2D eigenvalue weighted by molar-refractivity contribution is 7.92. The van der Waals surface area contributed by atoms with Crippen LogP contribution in [0, 0.1) is 6.92 Å². The molecular formula is C37H41Cl2N3O4S. The van der Waals surface area contributed by atoms with E-state index >= 15 is 0 Å². The molecule has 7 nitrogen and oxygen atoms in total. The van der Waals surface area contributed by atoms with Gasteiger partial charge in [0.15, 0.2) is 0 Å². The number of nitrogens with zero attached hydrogens (tertiary/aromatic N) is 2. The van der Waals surface area contributed by atoms with Gasteiger partial charge in [-0.1, -0.05) is 110 Å². The number of nitrogens with one attached hydrogen (secondary N) is 1. The number of anilines is 1. The summed E-state index contributed by atoms with van der Waals surface area (Å²) in [5.74, 6) is -0.677. The minimum absolute atomic E-state index is 0.0451. The number of aryl methyl sites for hydroxylation is 1. The number of sulfonamides is 1. The summed E-state index contributed by atoms with van der Waals surface area (Å²) in [6, 6.07) is 27.1. The highest BCUT2D eigenvalue weighted by Gasteiger charge is 2.35. The lowest BCUT2D eigenvalue weighted by molar-refractivity contribution is -0.140. The summed E-state index contributed by atoms with van der Waals surface area (Å²) in [6.45, 7) is 7.75. The lowest BCUT2D eigenvalue weighted by Gasteiger charge is -2.34. The van der Waals surface area contributed by atoms with Crippen molar-refractivity contribution in [1.82, 2.24) is 10.2 Å². The molecule has 0 aromatic heterocycles. The lowest BCUT2D eigenvalue weighted by atomic mass is 10.0. The molecule has 0 heterocycles. The second-order valence-electron chi connectivity index (χ2n) is 11.8. The summed E-state index contributed by atoms with van der Waals surface area (Å²) < 4.78 is 29.6. The Kier molecular flexibility index (Phi) is 12.5. The molecule has 0 aliphatic heterocycles. The second-order valence-corrected chi connectivity index (χ2v) is 14.5. The fraction of sp³-hybridized carbons (Fsp3) is 0.297. The van der Waals surface area contributed by atoms with Crippen LogP contribution >= 0.6 is 23.2 Å². The van der Waals surface area contributed by atoms with Crippen molar-refractivity contribution in [2.45, 2.75) is 63.9 Å². The molecule has 0 aliphatic rings. The Bertz CT molecular complexity index is 1760. The second kappa shape index (κ2) is 16.3. The number of benzene rings is 4. The van der Waals surface area contributed by atoms with Crippen molar-refractivity contribution in [3.05, 3.63) is 129 Å². The molecular weight excluding hydrogens is 653 g/mol. The van der Waals surface area contributed by atoms with E-state index in [2.05, 4.69) is 19.2 Å². The standard InChI is InChI=1S/C37H41Cl2N3O4S/c1-5-21-40-37(44)35(22-28-9-7-6-8-10-28)41(24-30-13-16-31(38)23-34(30)39)36(43)25-42(32-17-14-29(15-18-32)26(2)3)47(45,46)33-19-11-27(4)12-20-33/h6-20,23,26,35H,5,21-22,24-25H2,1-4H3,(H,40,44)/t35-/m1/s1. The maximum atomic E-state index is 14.6. The molecule has 10 heteroatoms. The normalized spacial score (nSPS) is 12.1. The maximum Gasteiger partial charge on any atom is 0.264 e. The molecule has 1 atom stereocenters. The van der Waals surface area contributed by atoms with Crippen molar-refractivity contribution in [2.24, 2.45) is 0 Å². The zero-order chi connectivity index (χ0) is 34.1. The van der Waals surface area contributed by atoms with Crippen LogP contribution in [0.25, 0.3) is 0 Å². The number of hydrogen-bond acceptors (Lipinski definition) is 4. The molecule has 4 rings (SSSR count). The summed E-state index contributed by atoms with van der Waals surface area (Å²) in [5.41, 5.74) is 3.68. The monoisotopic (exact) mass is 693 g/mol. The zero-order valence-corrected chi connectivity index (χ0v) is 29.4. The van der Waals surface area contributed by atoms with E-state index in [1.165, 1.54) is 17.0 Å². The summed E-state index contributed by atoms with van der Waals surface area (Å²) in [4.78, 5) is 29.9. The highest BCUT2D eigenvalue weighted by atomic mass is 35.5. The quantitative estimate of drug-likeness (QED) is 0.146. The van der Waals surface area contributed by atoms with Gasteiger partial charge in [0, 0.05) is 29.6 Å². The van der Waals surface area contributed by atoms with Crippen molar-refractivity contribution >= 4 is 50.7 Å². The maximum absolute atomic E-state index is 14.6. The van der Waals surface area contributed by atoms with Crippen LogP contribution in [0.1, 0.15) is 55.4 Å². The molecule has 0 aliphatic carbocycles. The summed E-state index contributed by atoms with van der Waals surface area (Å²) in [5, 5.41) is 3.70. The van der Waals surface area contributed by atoms with Gasteiger partial charge in [0.1, 0.15) is 12.6 Å². The van der Waals surface area contributed by atoms with Crippen LogP contribution < -0.4 is 9.62 Å². The van der Waals surface area contributed by atoms with Crippen LogP contribution in [0.3, 0.4) is 0 Å². The molecule has 0 unspecified atom stereocenters. The van der Waals surface area contributed by atoms with Crippen LogP contribution in [0.4, 0.5) is 5.69 Å². The van der Waals surface area contributed by atoms with Crippen LogP contribution in [0.2, 0.25) is 10.0 Å². The highest BCUT2D eigenvalue weighted by Crippen LogP contribution is 2.28. The molecule has 0 fully saturated rings. The van der Waals surface area contributed by atoms with Gasteiger partial charge in [0.25, 0.3) is 10.0 Å². The van der Waals surface area contributed by atoms with Crippen molar-refractivity contribution in [1.29, 1.82) is 0 Å².